The Morgan fingerprint density at radius 1 is 1.13 bits per heavy atom. The first-order valence-corrected chi connectivity index (χ1v) is 10.4. The quantitative estimate of drug-likeness (QED) is 0.511. The average molecular weight is 420 g/mol. The number of methoxy groups -OCH3 is 1. The van der Waals surface area contributed by atoms with Crippen molar-refractivity contribution < 1.29 is 9.53 Å². The van der Waals surface area contributed by atoms with Crippen molar-refractivity contribution in [2.75, 3.05) is 12.4 Å². The smallest absolute Gasteiger partial charge is 0.263 e. The zero-order chi connectivity index (χ0) is 21.3. The van der Waals surface area contributed by atoms with E-state index in [-0.39, 0.29) is 11.5 Å². The molecule has 1 unspecified atom stereocenters. The first-order valence-electron chi connectivity index (χ1n) is 9.48. The van der Waals surface area contributed by atoms with Crippen LogP contribution in [0.15, 0.2) is 65.0 Å². The van der Waals surface area contributed by atoms with Gasteiger partial charge in [0.05, 0.1) is 18.8 Å². The van der Waals surface area contributed by atoms with Gasteiger partial charge in [-0.15, -0.1) is 11.3 Å². The predicted octanol–water partition coefficient (Wildman–Crippen LogP) is 4.64. The Hall–Kier alpha value is -3.45. The Bertz CT molecular complexity index is 1260. The number of ether oxygens (including phenoxy) is 1. The lowest BCUT2D eigenvalue weighted by Crippen LogP contribution is -2.31. The van der Waals surface area contributed by atoms with E-state index in [0.29, 0.717) is 21.7 Å². The lowest BCUT2D eigenvalue weighted by Gasteiger charge is -2.15. The summed E-state index contributed by atoms with van der Waals surface area (Å²) in [6.07, 6.45) is 1.44. The second-order valence-electron chi connectivity index (χ2n) is 7.05. The Morgan fingerprint density at radius 3 is 2.50 bits per heavy atom. The van der Waals surface area contributed by atoms with Gasteiger partial charge in [0.1, 0.15) is 16.6 Å². The molecule has 0 aliphatic carbocycles. The van der Waals surface area contributed by atoms with E-state index in [0.717, 1.165) is 16.7 Å². The van der Waals surface area contributed by atoms with E-state index in [4.69, 9.17) is 4.74 Å². The molecular weight excluding hydrogens is 398 g/mol. The number of carbonyl (C=O) groups excluding carboxylic acids is 1. The van der Waals surface area contributed by atoms with Gasteiger partial charge in [-0.1, -0.05) is 29.8 Å². The van der Waals surface area contributed by atoms with Crippen LogP contribution >= 0.6 is 11.3 Å². The largest absolute Gasteiger partial charge is 0.497 e. The van der Waals surface area contributed by atoms with Crippen molar-refractivity contribution in [3.63, 3.8) is 0 Å². The van der Waals surface area contributed by atoms with Crippen LogP contribution in [0.5, 0.6) is 5.75 Å². The van der Waals surface area contributed by atoms with Gasteiger partial charge in [-0.25, -0.2) is 4.98 Å². The van der Waals surface area contributed by atoms with Crippen molar-refractivity contribution in [1.29, 1.82) is 0 Å². The second-order valence-corrected chi connectivity index (χ2v) is 7.90. The Kier molecular flexibility index (Phi) is 5.37. The monoisotopic (exact) mass is 419 g/mol. The molecule has 0 aliphatic rings. The summed E-state index contributed by atoms with van der Waals surface area (Å²) < 4.78 is 6.51. The topological polar surface area (TPSA) is 73.2 Å². The predicted molar refractivity (Wildman–Crippen MR) is 120 cm³/mol. The molecule has 0 radical (unpaired) electrons. The van der Waals surface area contributed by atoms with Gasteiger partial charge in [0.2, 0.25) is 5.91 Å². The number of thiophene rings is 1. The lowest BCUT2D eigenvalue weighted by atomic mass is 10.0. The van der Waals surface area contributed by atoms with Gasteiger partial charge >= 0.3 is 0 Å². The summed E-state index contributed by atoms with van der Waals surface area (Å²) in [5.74, 6) is 0.406. The molecule has 152 valence electrons. The number of anilines is 1. The fourth-order valence-electron chi connectivity index (χ4n) is 3.21. The molecule has 0 fully saturated rings. The van der Waals surface area contributed by atoms with Gasteiger partial charge in [-0.3, -0.25) is 14.2 Å². The summed E-state index contributed by atoms with van der Waals surface area (Å²) in [7, 11) is 1.58. The number of aryl methyl sites for hydroxylation is 1. The van der Waals surface area contributed by atoms with Crippen LogP contribution in [0.2, 0.25) is 0 Å². The summed E-state index contributed by atoms with van der Waals surface area (Å²) in [6, 6.07) is 14.3. The standard InChI is InChI=1S/C23H21N3O3S/c1-14-4-6-16(7-5-14)19-12-30-22-20(19)23(28)26(13-24-22)15(2)21(27)25-17-8-10-18(29-3)11-9-17/h4-13,15H,1-3H3,(H,25,27). The van der Waals surface area contributed by atoms with Gasteiger partial charge in [0.25, 0.3) is 5.56 Å². The van der Waals surface area contributed by atoms with Crippen molar-refractivity contribution in [3.05, 3.63) is 76.2 Å². The van der Waals surface area contributed by atoms with Gasteiger partial charge in [-0.05, 0) is 43.7 Å². The highest BCUT2D eigenvalue weighted by atomic mass is 32.1. The molecule has 0 saturated carbocycles. The first kappa shape index (κ1) is 19.8. The molecule has 6 nitrogen and oxygen atoms in total. The minimum atomic E-state index is -0.720. The molecular formula is C23H21N3O3S. The van der Waals surface area contributed by atoms with Crippen molar-refractivity contribution in [2.45, 2.75) is 19.9 Å². The number of carbonyl (C=O) groups is 1. The van der Waals surface area contributed by atoms with Gasteiger partial charge < -0.3 is 10.1 Å². The minimum absolute atomic E-state index is 0.228. The van der Waals surface area contributed by atoms with Crippen LogP contribution in [-0.2, 0) is 4.79 Å². The van der Waals surface area contributed by atoms with E-state index in [1.807, 2.05) is 36.6 Å². The highest BCUT2D eigenvalue weighted by Crippen LogP contribution is 2.31. The Balaban J connectivity index is 1.67. The van der Waals surface area contributed by atoms with Gasteiger partial charge in [0.15, 0.2) is 0 Å². The fraction of sp³-hybridized carbons (Fsp3) is 0.174. The highest BCUT2D eigenvalue weighted by molar-refractivity contribution is 7.17. The molecule has 0 spiro atoms. The maximum absolute atomic E-state index is 13.3. The van der Waals surface area contributed by atoms with Crippen LogP contribution in [0, 0.1) is 6.92 Å². The number of rotatable bonds is 5. The maximum atomic E-state index is 13.3. The summed E-state index contributed by atoms with van der Waals surface area (Å²) in [6.45, 7) is 3.71. The number of fused-ring (bicyclic) bond motifs is 1. The number of aromatic nitrogens is 2. The molecule has 2 aromatic heterocycles. The number of benzene rings is 2. The fourth-order valence-corrected chi connectivity index (χ4v) is 4.12. The lowest BCUT2D eigenvalue weighted by molar-refractivity contribution is -0.118. The molecule has 4 rings (SSSR count). The highest BCUT2D eigenvalue weighted by Gasteiger charge is 2.20. The Morgan fingerprint density at radius 2 is 1.83 bits per heavy atom. The average Bonchev–Trinajstić information content (AvgIpc) is 3.19. The van der Waals surface area contributed by atoms with Crippen LogP contribution in [-0.4, -0.2) is 22.6 Å². The third-order valence-electron chi connectivity index (χ3n) is 5.04. The summed E-state index contributed by atoms with van der Waals surface area (Å²) in [4.78, 5) is 31.1. The Labute approximate surface area is 177 Å². The van der Waals surface area contributed by atoms with Gasteiger partial charge in [0, 0.05) is 16.6 Å². The third kappa shape index (κ3) is 3.71. The summed E-state index contributed by atoms with van der Waals surface area (Å²) >= 11 is 1.43. The van der Waals surface area contributed by atoms with Crippen LogP contribution in [0.4, 0.5) is 5.69 Å². The van der Waals surface area contributed by atoms with E-state index in [9.17, 15) is 9.59 Å². The zero-order valence-corrected chi connectivity index (χ0v) is 17.7. The van der Waals surface area contributed by atoms with Crippen LogP contribution in [0.25, 0.3) is 21.3 Å². The van der Waals surface area contributed by atoms with Crippen LogP contribution in [0.3, 0.4) is 0 Å². The molecule has 0 bridgehead atoms. The number of amides is 1. The van der Waals surface area contributed by atoms with Crippen molar-refractivity contribution in [3.8, 4) is 16.9 Å². The SMILES string of the molecule is COc1ccc(NC(=O)C(C)n2cnc3scc(-c4ccc(C)cc4)c3c2=O)cc1. The van der Waals surface area contributed by atoms with E-state index in [1.54, 1.807) is 38.3 Å². The summed E-state index contributed by atoms with van der Waals surface area (Å²) in [5, 5.41) is 5.31. The number of hydrogen-bond acceptors (Lipinski definition) is 5. The normalized spacial score (nSPS) is 12.0. The summed E-state index contributed by atoms with van der Waals surface area (Å²) in [5.41, 5.74) is 3.35. The van der Waals surface area contributed by atoms with Crippen LogP contribution < -0.4 is 15.6 Å². The van der Waals surface area contributed by atoms with E-state index in [1.165, 1.54) is 22.2 Å². The zero-order valence-electron chi connectivity index (χ0n) is 16.9. The molecule has 0 aliphatic heterocycles. The molecule has 1 amide bonds. The van der Waals surface area contributed by atoms with Crippen molar-refractivity contribution >= 4 is 33.1 Å². The maximum Gasteiger partial charge on any atom is 0.263 e. The first-order chi connectivity index (χ1) is 14.5. The number of nitrogens with zero attached hydrogens (tertiary/aromatic N) is 2. The minimum Gasteiger partial charge on any atom is -0.497 e. The molecule has 2 aromatic carbocycles. The molecule has 1 N–H and O–H groups in total. The van der Waals surface area contributed by atoms with Crippen LogP contribution in [0.1, 0.15) is 18.5 Å². The molecule has 30 heavy (non-hydrogen) atoms. The number of hydrogen-bond donors (Lipinski definition) is 1. The molecule has 2 heterocycles. The van der Waals surface area contributed by atoms with E-state index >= 15 is 0 Å². The van der Waals surface area contributed by atoms with Crippen molar-refractivity contribution in [1.82, 2.24) is 9.55 Å². The molecule has 4 aromatic rings. The van der Waals surface area contributed by atoms with E-state index < -0.39 is 6.04 Å². The molecule has 0 saturated heterocycles. The van der Waals surface area contributed by atoms with E-state index in [2.05, 4.69) is 10.3 Å². The number of nitrogens with one attached hydrogen (secondary N) is 1. The van der Waals surface area contributed by atoms with Gasteiger partial charge in [-0.2, -0.15) is 0 Å². The third-order valence-corrected chi connectivity index (χ3v) is 5.92. The van der Waals surface area contributed by atoms with Crippen molar-refractivity contribution in [2.24, 2.45) is 0 Å². The molecule has 1 atom stereocenters. The molecule has 7 heteroatoms. The second kappa shape index (κ2) is 8.12.